The summed E-state index contributed by atoms with van der Waals surface area (Å²) in [6, 6.07) is 15.0. The fraction of sp³-hybridized carbons (Fsp3) is 0.238. The molecule has 1 aliphatic rings. The minimum Gasteiger partial charge on any atom is -0.484 e. The summed E-state index contributed by atoms with van der Waals surface area (Å²) in [4.78, 5) is 19.0. The molecule has 4 rings (SSSR count). The van der Waals surface area contributed by atoms with Crippen LogP contribution < -0.4 is 4.74 Å². The number of fused-ring (bicyclic) bond motifs is 1. The van der Waals surface area contributed by atoms with E-state index in [2.05, 4.69) is 4.98 Å². The minimum atomic E-state index is -0.362. The van der Waals surface area contributed by atoms with E-state index in [1.54, 1.807) is 4.90 Å². The Balaban J connectivity index is 1.47. The summed E-state index contributed by atoms with van der Waals surface area (Å²) >= 11 is 0. The van der Waals surface area contributed by atoms with Crippen molar-refractivity contribution in [3.63, 3.8) is 0 Å². The van der Waals surface area contributed by atoms with Gasteiger partial charge in [-0.2, -0.15) is 0 Å². The molecule has 0 saturated heterocycles. The van der Waals surface area contributed by atoms with Gasteiger partial charge >= 0.3 is 0 Å². The Morgan fingerprint density at radius 2 is 1.96 bits per heavy atom. The molecule has 1 amide bonds. The SMILES string of the molecule is CC1Cc2nc(COc3ccccc3)oc2CN1C(=O)c1ccc(F)cc1. The number of carbonyl (C=O) groups is 1. The predicted octanol–water partition coefficient (Wildman–Crippen LogP) is 3.98. The minimum absolute atomic E-state index is 0.0250. The number of benzene rings is 2. The maximum absolute atomic E-state index is 13.1. The van der Waals surface area contributed by atoms with Crippen LogP contribution in [0.2, 0.25) is 0 Å². The molecule has 3 aromatic rings. The maximum Gasteiger partial charge on any atom is 0.254 e. The Labute approximate surface area is 156 Å². The van der Waals surface area contributed by atoms with Crippen molar-refractivity contribution in [1.29, 1.82) is 0 Å². The molecule has 1 aromatic heterocycles. The number of hydrogen-bond acceptors (Lipinski definition) is 4. The molecule has 27 heavy (non-hydrogen) atoms. The molecule has 2 heterocycles. The fourth-order valence-corrected chi connectivity index (χ4v) is 3.17. The standard InChI is InChI=1S/C21H19FN2O3/c1-14-11-18-19(12-24(14)21(25)15-7-9-16(22)10-8-15)27-20(23-18)13-26-17-5-3-2-4-6-17/h2-10,14H,11-13H2,1H3. The zero-order valence-electron chi connectivity index (χ0n) is 14.9. The molecular weight excluding hydrogens is 347 g/mol. The lowest BCUT2D eigenvalue weighted by molar-refractivity contribution is 0.0635. The van der Waals surface area contributed by atoms with E-state index in [1.807, 2.05) is 37.3 Å². The number of hydrogen-bond donors (Lipinski definition) is 0. The summed E-state index contributed by atoms with van der Waals surface area (Å²) in [5.41, 5.74) is 1.32. The van der Waals surface area contributed by atoms with Crippen LogP contribution in [0, 0.1) is 5.82 Å². The quantitative estimate of drug-likeness (QED) is 0.701. The first-order valence-electron chi connectivity index (χ1n) is 8.82. The van der Waals surface area contributed by atoms with E-state index < -0.39 is 0 Å². The van der Waals surface area contributed by atoms with Gasteiger partial charge in [0.2, 0.25) is 5.89 Å². The molecular formula is C21H19FN2O3. The number of oxazole rings is 1. The van der Waals surface area contributed by atoms with Gasteiger partial charge in [0.25, 0.3) is 5.91 Å². The Morgan fingerprint density at radius 1 is 1.22 bits per heavy atom. The predicted molar refractivity (Wildman–Crippen MR) is 96.7 cm³/mol. The van der Waals surface area contributed by atoms with Gasteiger partial charge in [-0.15, -0.1) is 0 Å². The van der Waals surface area contributed by atoms with Crippen molar-refractivity contribution in [2.75, 3.05) is 0 Å². The summed E-state index contributed by atoms with van der Waals surface area (Å²) in [6.45, 7) is 2.54. The lowest BCUT2D eigenvalue weighted by Gasteiger charge is -2.32. The molecule has 138 valence electrons. The molecule has 0 bridgehead atoms. The topological polar surface area (TPSA) is 55.6 Å². The monoisotopic (exact) mass is 366 g/mol. The first-order chi connectivity index (χ1) is 13.1. The molecule has 1 aliphatic heterocycles. The average Bonchev–Trinajstić information content (AvgIpc) is 3.08. The van der Waals surface area contributed by atoms with Crippen LogP contribution in [-0.4, -0.2) is 21.8 Å². The number of nitrogens with zero attached hydrogens (tertiary/aromatic N) is 2. The van der Waals surface area contributed by atoms with E-state index in [0.717, 1.165) is 11.4 Å². The van der Waals surface area contributed by atoms with E-state index in [1.165, 1.54) is 24.3 Å². The number of halogens is 1. The highest BCUT2D eigenvalue weighted by Crippen LogP contribution is 2.26. The third-order valence-electron chi connectivity index (χ3n) is 4.61. The van der Waals surface area contributed by atoms with Crippen molar-refractivity contribution >= 4 is 5.91 Å². The van der Waals surface area contributed by atoms with Gasteiger partial charge in [-0.25, -0.2) is 9.37 Å². The van der Waals surface area contributed by atoms with E-state index >= 15 is 0 Å². The molecule has 0 aliphatic carbocycles. The molecule has 0 saturated carbocycles. The fourth-order valence-electron chi connectivity index (χ4n) is 3.17. The van der Waals surface area contributed by atoms with Crippen molar-refractivity contribution in [2.45, 2.75) is 32.5 Å². The van der Waals surface area contributed by atoms with Crippen molar-refractivity contribution in [2.24, 2.45) is 0 Å². The van der Waals surface area contributed by atoms with Gasteiger partial charge in [-0.3, -0.25) is 4.79 Å². The van der Waals surface area contributed by atoms with E-state index in [-0.39, 0.29) is 24.4 Å². The van der Waals surface area contributed by atoms with Gasteiger partial charge in [0.15, 0.2) is 6.61 Å². The summed E-state index contributed by atoms with van der Waals surface area (Å²) in [6.07, 6.45) is 0.608. The van der Waals surface area contributed by atoms with Gasteiger partial charge < -0.3 is 14.1 Å². The number of ether oxygens (including phenoxy) is 1. The number of carbonyl (C=O) groups excluding carboxylic acids is 1. The zero-order valence-corrected chi connectivity index (χ0v) is 14.9. The summed E-state index contributed by atoms with van der Waals surface area (Å²) in [7, 11) is 0. The number of aromatic nitrogens is 1. The molecule has 1 unspecified atom stereocenters. The highest BCUT2D eigenvalue weighted by atomic mass is 19.1. The normalized spacial score (nSPS) is 16.1. The molecule has 0 N–H and O–H groups in total. The lowest BCUT2D eigenvalue weighted by Crippen LogP contribution is -2.42. The van der Waals surface area contributed by atoms with Gasteiger partial charge in [0.05, 0.1) is 12.2 Å². The second kappa shape index (κ2) is 7.23. The Morgan fingerprint density at radius 3 is 2.70 bits per heavy atom. The summed E-state index contributed by atoms with van der Waals surface area (Å²) < 4.78 is 24.6. The molecule has 0 spiro atoms. The first kappa shape index (κ1) is 17.3. The van der Waals surface area contributed by atoms with E-state index in [4.69, 9.17) is 9.15 Å². The van der Waals surface area contributed by atoms with Gasteiger partial charge in [-0.05, 0) is 43.3 Å². The Bertz CT molecular complexity index is 938. The van der Waals surface area contributed by atoms with Gasteiger partial charge in [0, 0.05) is 18.0 Å². The van der Waals surface area contributed by atoms with Crippen LogP contribution in [0.1, 0.15) is 34.6 Å². The molecule has 2 aromatic carbocycles. The van der Waals surface area contributed by atoms with Crippen molar-refractivity contribution in [3.8, 4) is 5.75 Å². The van der Waals surface area contributed by atoms with Crippen LogP contribution in [-0.2, 0) is 19.6 Å². The Hall–Kier alpha value is -3.15. The molecule has 6 heteroatoms. The maximum atomic E-state index is 13.1. The lowest BCUT2D eigenvalue weighted by atomic mass is 10.0. The van der Waals surface area contributed by atoms with Gasteiger partial charge in [-0.1, -0.05) is 18.2 Å². The third kappa shape index (κ3) is 3.69. The first-order valence-corrected chi connectivity index (χ1v) is 8.82. The number of rotatable bonds is 4. The molecule has 5 nitrogen and oxygen atoms in total. The van der Waals surface area contributed by atoms with E-state index in [0.29, 0.717) is 30.2 Å². The molecule has 0 fully saturated rings. The van der Waals surface area contributed by atoms with Crippen LogP contribution in [0.3, 0.4) is 0 Å². The highest BCUT2D eigenvalue weighted by Gasteiger charge is 2.31. The van der Waals surface area contributed by atoms with Crippen molar-refractivity contribution in [3.05, 3.63) is 83.3 Å². The zero-order chi connectivity index (χ0) is 18.8. The van der Waals surface area contributed by atoms with E-state index in [9.17, 15) is 9.18 Å². The second-order valence-electron chi connectivity index (χ2n) is 6.57. The largest absolute Gasteiger partial charge is 0.484 e. The number of para-hydroxylation sites is 1. The van der Waals surface area contributed by atoms with Crippen LogP contribution in [0.5, 0.6) is 5.75 Å². The van der Waals surface area contributed by atoms with Crippen LogP contribution in [0.4, 0.5) is 4.39 Å². The van der Waals surface area contributed by atoms with Gasteiger partial charge in [0.1, 0.15) is 17.3 Å². The molecule has 1 atom stereocenters. The molecule has 0 radical (unpaired) electrons. The average molecular weight is 366 g/mol. The summed E-state index contributed by atoms with van der Waals surface area (Å²) in [5.74, 6) is 1.41. The van der Waals surface area contributed by atoms with Crippen LogP contribution in [0.15, 0.2) is 59.0 Å². The summed E-state index contributed by atoms with van der Waals surface area (Å²) in [5, 5.41) is 0. The third-order valence-corrected chi connectivity index (χ3v) is 4.61. The van der Waals surface area contributed by atoms with Crippen molar-refractivity contribution in [1.82, 2.24) is 9.88 Å². The highest BCUT2D eigenvalue weighted by molar-refractivity contribution is 5.94. The smallest absolute Gasteiger partial charge is 0.254 e. The number of amides is 1. The van der Waals surface area contributed by atoms with Crippen molar-refractivity contribution < 1.29 is 18.3 Å². The Kier molecular flexibility index (Phi) is 4.62. The van der Waals surface area contributed by atoms with Crippen LogP contribution >= 0.6 is 0 Å². The second-order valence-corrected chi connectivity index (χ2v) is 6.57. The van der Waals surface area contributed by atoms with Crippen LogP contribution in [0.25, 0.3) is 0 Å².